The number of esters is 1. The molecule has 0 aliphatic heterocycles. The predicted octanol–water partition coefficient (Wildman–Crippen LogP) is 2.42. The number of carbonyl (C=O) groups is 1. The van der Waals surface area contributed by atoms with Crippen LogP contribution >= 0.6 is 0 Å². The van der Waals surface area contributed by atoms with Gasteiger partial charge in [0.15, 0.2) is 0 Å². The van der Waals surface area contributed by atoms with Gasteiger partial charge in [-0.25, -0.2) is 14.8 Å². The van der Waals surface area contributed by atoms with Gasteiger partial charge in [-0.3, -0.25) is 0 Å². The van der Waals surface area contributed by atoms with Crippen LogP contribution in [0.3, 0.4) is 0 Å². The molecule has 0 aliphatic rings. The summed E-state index contributed by atoms with van der Waals surface area (Å²) in [4.78, 5) is 19.9. The Morgan fingerprint density at radius 3 is 2.78 bits per heavy atom. The largest absolute Gasteiger partial charge is 0.462 e. The van der Waals surface area contributed by atoms with E-state index in [9.17, 15) is 4.79 Å². The van der Waals surface area contributed by atoms with Gasteiger partial charge in [-0.2, -0.15) is 0 Å². The molecule has 18 heavy (non-hydrogen) atoms. The molecule has 1 aromatic heterocycles. The molecule has 0 atom stereocenters. The molecule has 0 radical (unpaired) electrons. The Morgan fingerprint density at radius 2 is 2.22 bits per heavy atom. The minimum absolute atomic E-state index is 0.354. The van der Waals surface area contributed by atoms with Crippen molar-refractivity contribution >= 4 is 11.9 Å². The van der Waals surface area contributed by atoms with Gasteiger partial charge in [-0.15, -0.1) is 0 Å². The van der Waals surface area contributed by atoms with E-state index in [0.717, 1.165) is 13.0 Å². The molecule has 0 fully saturated rings. The van der Waals surface area contributed by atoms with Crippen LogP contribution in [0.25, 0.3) is 0 Å². The van der Waals surface area contributed by atoms with Crippen molar-refractivity contribution in [3.63, 3.8) is 0 Å². The van der Waals surface area contributed by atoms with E-state index < -0.39 is 0 Å². The third-order valence-corrected chi connectivity index (χ3v) is 2.48. The molecule has 1 heterocycles. The Balaban J connectivity index is 2.64. The molecule has 0 bridgehead atoms. The van der Waals surface area contributed by atoms with Crippen molar-refractivity contribution in [2.24, 2.45) is 5.92 Å². The number of rotatable bonds is 6. The zero-order valence-corrected chi connectivity index (χ0v) is 11.5. The van der Waals surface area contributed by atoms with Crippen LogP contribution in [-0.4, -0.2) is 29.1 Å². The molecule has 100 valence electrons. The van der Waals surface area contributed by atoms with E-state index in [0.29, 0.717) is 29.7 Å². The highest BCUT2D eigenvalue weighted by Crippen LogP contribution is 2.09. The number of ether oxygens (including phenoxy) is 1. The number of carbonyl (C=O) groups excluding carboxylic acids is 1. The zero-order valence-electron chi connectivity index (χ0n) is 11.5. The number of nitrogens with zero attached hydrogens (tertiary/aromatic N) is 2. The summed E-state index contributed by atoms with van der Waals surface area (Å²) in [6.07, 6.45) is 2.57. The lowest BCUT2D eigenvalue weighted by Crippen LogP contribution is -2.12. The summed E-state index contributed by atoms with van der Waals surface area (Å²) in [6.45, 7) is 9.06. The third kappa shape index (κ3) is 4.31. The third-order valence-electron chi connectivity index (χ3n) is 2.48. The van der Waals surface area contributed by atoms with Gasteiger partial charge < -0.3 is 10.1 Å². The summed E-state index contributed by atoms with van der Waals surface area (Å²) < 4.78 is 4.92. The zero-order chi connectivity index (χ0) is 13.5. The van der Waals surface area contributed by atoms with Crippen LogP contribution < -0.4 is 5.32 Å². The van der Waals surface area contributed by atoms with E-state index in [2.05, 4.69) is 29.1 Å². The van der Waals surface area contributed by atoms with Crippen LogP contribution in [0.15, 0.2) is 6.20 Å². The summed E-state index contributed by atoms with van der Waals surface area (Å²) >= 11 is 0. The molecule has 0 aliphatic carbocycles. The van der Waals surface area contributed by atoms with Crippen LogP contribution in [-0.2, 0) is 4.74 Å². The second kappa shape index (κ2) is 6.93. The van der Waals surface area contributed by atoms with Gasteiger partial charge in [0, 0.05) is 12.7 Å². The van der Waals surface area contributed by atoms with Crippen molar-refractivity contribution in [2.45, 2.75) is 34.1 Å². The fraction of sp³-hybridized carbons (Fsp3) is 0.615. The fourth-order valence-corrected chi connectivity index (χ4v) is 1.43. The molecule has 1 N–H and O–H groups in total. The highest BCUT2D eigenvalue weighted by molar-refractivity contribution is 5.90. The quantitative estimate of drug-likeness (QED) is 0.787. The van der Waals surface area contributed by atoms with Gasteiger partial charge >= 0.3 is 5.97 Å². The lowest BCUT2D eigenvalue weighted by atomic mass is 10.1. The average Bonchev–Trinajstić information content (AvgIpc) is 2.28. The number of nitrogens with one attached hydrogen (secondary N) is 1. The maximum absolute atomic E-state index is 11.6. The maximum Gasteiger partial charge on any atom is 0.341 e. The molecule has 1 aromatic rings. The first-order chi connectivity index (χ1) is 8.54. The second-order valence-corrected chi connectivity index (χ2v) is 4.52. The summed E-state index contributed by atoms with van der Waals surface area (Å²) in [5.74, 6) is 0.822. The number of anilines is 1. The van der Waals surface area contributed by atoms with E-state index in [1.165, 1.54) is 6.20 Å². The smallest absolute Gasteiger partial charge is 0.341 e. The van der Waals surface area contributed by atoms with Gasteiger partial charge in [-0.05, 0) is 26.2 Å². The van der Waals surface area contributed by atoms with Gasteiger partial charge in [-0.1, -0.05) is 13.8 Å². The Hall–Kier alpha value is -1.65. The highest BCUT2D eigenvalue weighted by Gasteiger charge is 2.12. The average molecular weight is 251 g/mol. The number of aromatic nitrogens is 2. The summed E-state index contributed by atoms with van der Waals surface area (Å²) in [5.41, 5.74) is 1.06. The normalized spacial score (nSPS) is 10.5. The molecule has 5 heteroatoms. The fourth-order valence-electron chi connectivity index (χ4n) is 1.43. The lowest BCUT2D eigenvalue weighted by Gasteiger charge is -2.09. The molecular weight excluding hydrogens is 230 g/mol. The van der Waals surface area contributed by atoms with Crippen LogP contribution in [0, 0.1) is 12.8 Å². The molecule has 0 aromatic carbocycles. The standard InChI is InChI=1S/C13H21N3O2/c1-5-18-12(17)11-8-15-13(16-10(11)4)14-7-6-9(2)3/h8-9H,5-7H2,1-4H3,(H,14,15,16). The summed E-state index contributed by atoms with van der Waals surface area (Å²) in [5, 5.41) is 3.14. The summed E-state index contributed by atoms with van der Waals surface area (Å²) in [6, 6.07) is 0. The van der Waals surface area contributed by atoms with Crippen LogP contribution in [0.2, 0.25) is 0 Å². The predicted molar refractivity (Wildman–Crippen MR) is 70.7 cm³/mol. The molecular formula is C13H21N3O2. The van der Waals surface area contributed by atoms with Gasteiger partial charge in [0.05, 0.1) is 17.9 Å². The number of hydrogen-bond donors (Lipinski definition) is 1. The first kappa shape index (κ1) is 14.4. The minimum atomic E-state index is -0.372. The summed E-state index contributed by atoms with van der Waals surface area (Å²) in [7, 11) is 0. The SMILES string of the molecule is CCOC(=O)c1cnc(NCCC(C)C)nc1C. The Kier molecular flexibility index (Phi) is 5.55. The molecule has 0 saturated carbocycles. The number of hydrogen-bond acceptors (Lipinski definition) is 5. The van der Waals surface area contributed by atoms with E-state index in [-0.39, 0.29) is 5.97 Å². The van der Waals surface area contributed by atoms with Crippen molar-refractivity contribution in [3.05, 3.63) is 17.5 Å². The first-order valence-electron chi connectivity index (χ1n) is 6.29. The monoisotopic (exact) mass is 251 g/mol. The van der Waals surface area contributed by atoms with Crippen molar-refractivity contribution < 1.29 is 9.53 Å². The molecule has 5 nitrogen and oxygen atoms in total. The van der Waals surface area contributed by atoms with Gasteiger partial charge in [0.25, 0.3) is 0 Å². The Bertz CT molecular complexity index is 405. The maximum atomic E-state index is 11.6. The Labute approximate surface area is 108 Å². The van der Waals surface area contributed by atoms with Crippen molar-refractivity contribution in [2.75, 3.05) is 18.5 Å². The van der Waals surface area contributed by atoms with Crippen LogP contribution in [0.5, 0.6) is 0 Å². The van der Waals surface area contributed by atoms with E-state index in [1.807, 2.05) is 0 Å². The van der Waals surface area contributed by atoms with Gasteiger partial charge in [0.1, 0.15) is 0 Å². The van der Waals surface area contributed by atoms with Crippen molar-refractivity contribution in [3.8, 4) is 0 Å². The molecule has 0 saturated heterocycles. The van der Waals surface area contributed by atoms with Crippen molar-refractivity contribution in [1.29, 1.82) is 0 Å². The molecule has 0 amide bonds. The molecule has 0 unspecified atom stereocenters. The van der Waals surface area contributed by atoms with E-state index >= 15 is 0 Å². The van der Waals surface area contributed by atoms with E-state index in [1.54, 1.807) is 13.8 Å². The highest BCUT2D eigenvalue weighted by atomic mass is 16.5. The second-order valence-electron chi connectivity index (χ2n) is 4.52. The van der Waals surface area contributed by atoms with Crippen LogP contribution in [0.1, 0.15) is 43.2 Å². The lowest BCUT2D eigenvalue weighted by molar-refractivity contribution is 0.0524. The Morgan fingerprint density at radius 1 is 1.50 bits per heavy atom. The molecule has 0 spiro atoms. The van der Waals surface area contributed by atoms with E-state index in [4.69, 9.17) is 4.74 Å². The van der Waals surface area contributed by atoms with Crippen molar-refractivity contribution in [1.82, 2.24) is 9.97 Å². The minimum Gasteiger partial charge on any atom is -0.462 e. The molecule has 1 rings (SSSR count). The number of aryl methyl sites for hydroxylation is 1. The van der Waals surface area contributed by atoms with Crippen LogP contribution in [0.4, 0.5) is 5.95 Å². The first-order valence-corrected chi connectivity index (χ1v) is 6.29. The van der Waals surface area contributed by atoms with Gasteiger partial charge in [0.2, 0.25) is 5.95 Å². The topological polar surface area (TPSA) is 64.1 Å².